The number of aromatic nitrogens is 2. The van der Waals surface area contributed by atoms with Crippen LogP contribution in [-0.4, -0.2) is 21.5 Å². The number of amides is 1. The van der Waals surface area contributed by atoms with Crippen molar-refractivity contribution in [2.75, 3.05) is 0 Å². The third-order valence-electron chi connectivity index (χ3n) is 2.52. The zero-order chi connectivity index (χ0) is 14.0. The Labute approximate surface area is 112 Å². The van der Waals surface area contributed by atoms with E-state index in [1.54, 1.807) is 4.68 Å². The zero-order valence-electron chi connectivity index (χ0n) is 11.7. The van der Waals surface area contributed by atoms with E-state index in [4.69, 9.17) is 4.74 Å². The van der Waals surface area contributed by atoms with Gasteiger partial charge in [-0.2, -0.15) is 5.10 Å². The molecule has 0 aliphatic rings. The lowest BCUT2D eigenvalue weighted by atomic mass is 10.1. The van der Waals surface area contributed by atoms with Gasteiger partial charge in [0.25, 0.3) is 0 Å². The second-order valence-electron chi connectivity index (χ2n) is 5.55. The zero-order valence-corrected chi connectivity index (χ0v) is 11.7. The van der Waals surface area contributed by atoms with Crippen molar-refractivity contribution >= 4 is 17.0 Å². The molecule has 0 aliphatic carbocycles. The van der Waals surface area contributed by atoms with Gasteiger partial charge in [0.2, 0.25) is 0 Å². The summed E-state index contributed by atoms with van der Waals surface area (Å²) < 4.78 is 6.96. The molecular weight excluding hydrogens is 242 g/mol. The molecule has 0 atom stereocenters. The maximum Gasteiger partial charge on any atom is 0.407 e. The minimum atomic E-state index is -0.475. The number of hydrogen-bond donors (Lipinski definition) is 1. The standard InChI is InChI=1S/C14H19N3O2/c1-14(2,3)19-13(18)15-8-10-5-6-12-11(7-10)9-17(4)16-12/h5-7,9H,8H2,1-4H3,(H,15,18). The Balaban J connectivity index is 1.99. The largest absolute Gasteiger partial charge is 0.444 e. The number of rotatable bonds is 2. The van der Waals surface area contributed by atoms with Gasteiger partial charge in [-0.3, -0.25) is 4.68 Å². The molecule has 19 heavy (non-hydrogen) atoms. The van der Waals surface area contributed by atoms with Crippen molar-refractivity contribution in [3.8, 4) is 0 Å². The molecular formula is C14H19N3O2. The summed E-state index contributed by atoms with van der Waals surface area (Å²) in [4.78, 5) is 11.5. The molecule has 1 aromatic carbocycles. The van der Waals surface area contributed by atoms with Gasteiger partial charge < -0.3 is 10.1 Å². The second-order valence-corrected chi connectivity index (χ2v) is 5.55. The van der Waals surface area contributed by atoms with E-state index >= 15 is 0 Å². The smallest absolute Gasteiger partial charge is 0.407 e. The van der Waals surface area contributed by atoms with Gasteiger partial charge in [0.15, 0.2) is 0 Å². The van der Waals surface area contributed by atoms with Crippen LogP contribution in [0.25, 0.3) is 10.9 Å². The molecule has 0 bridgehead atoms. The van der Waals surface area contributed by atoms with Gasteiger partial charge in [-0.25, -0.2) is 4.79 Å². The van der Waals surface area contributed by atoms with E-state index in [9.17, 15) is 4.79 Å². The fourth-order valence-corrected chi connectivity index (χ4v) is 1.80. The van der Waals surface area contributed by atoms with Gasteiger partial charge in [0, 0.05) is 25.2 Å². The lowest BCUT2D eigenvalue weighted by Gasteiger charge is -2.19. The van der Waals surface area contributed by atoms with Gasteiger partial charge in [0.1, 0.15) is 5.60 Å². The predicted molar refractivity (Wildman–Crippen MR) is 73.8 cm³/mol. The summed E-state index contributed by atoms with van der Waals surface area (Å²) >= 11 is 0. The molecule has 102 valence electrons. The number of carbonyl (C=O) groups excluding carboxylic acids is 1. The first kappa shape index (κ1) is 13.4. The van der Waals surface area contributed by atoms with Crippen LogP contribution in [0.1, 0.15) is 26.3 Å². The monoisotopic (exact) mass is 261 g/mol. The van der Waals surface area contributed by atoms with E-state index < -0.39 is 11.7 Å². The summed E-state index contributed by atoms with van der Waals surface area (Å²) in [5, 5.41) is 8.10. The van der Waals surface area contributed by atoms with Crippen LogP contribution in [-0.2, 0) is 18.3 Å². The molecule has 1 amide bonds. The Morgan fingerprint density at radius 1 is 1.42 bits per heavy atom. The summed E-state index contributed by atoms with van der Waals surface area (Å²) in [6.45, 7) is 5.97. The highest BCUT2D eigenvalue weighted by atomic mass is 16.6. The third-order valence-corrected chi connectivity index (χ3v) is 2.52. The minimum Gasteiger partial charge on any atom is -0.444 e. The number of aryl methyl sites for hydroxylation is 1. The maximum absolute atomic E-state index is 11.5. The van der Waals surface area contributed by atoms with Crippen molar-refractivity contribution in [2.45, 2.75) is 32.9 Å². The first-order chi connectivity index (χ1) is 8.83. The number of alkyl carbamates (subject to hydrolysis) is 1. The van der Waals surface area contributed by atoms with E-state index in [1.165, 1.54) is 0 Å². The van der Waals surface area contributed by atoms with Crippen LogP contribution < -0.4 is 5.32 Å². The van der Waals surface area contributed by atoms with Crippen LogP contribution in [0.2, 0.25) is 0 Å². The first-order valence-electron chi connectivity index (χ1n) is 6.23. The minimum absolute atomic E-state index is 0.404. The maximum atomic E-state index is 11.5. The molecule has 0 fully saturated rings. The lowest BCUT2D eigenvalue weighted by Crippen LogP contribution is -2.32. The SMILES string of the molecule is Cn1cc2cc(CNC(=O)OC(C)(C)C)ccc2n1. The molecule has 0 aliphatic heterocycles. The number of benzene rings is 1. The molecule has 5 nitrogen and oxygen atoms in total. The van der Waals surface area contributed by atoms with E-state index in [0.717, 1.165) is 16.5 Å². The summed E-state index contributed by atoms with van der Waals surface area (Å²) in [5.41, 5.74) is 1.49. The summed E-state index contributed by atoms with van der Waals surface area (Å²) in [6.07, 6.45) is 1.55. The van der Waals surface area contributed by atoms with Crippen LogP contribution >= 0.6 is 0 Å². The highest BCUT2D eigenvalue weighted by Crippen LogP contribution is 2.14. The van der Waals surface area contributed by atoms with Gasteiger partial charge in [-0.1, -0.05) is 6.07 Å². The first-order valence-corrected chi connectivity index (χ1v) is 6.23. The summed E-state index contributed by atoms with van der Waals surface area (Å²) in [5.74, 6) is 0. The quantitative estimate of drug-likeness (QED) is 0.904. The highest BCUT2D eigenvalue weighted by Gasteiger charge is 2.15. The Morgan fingerprint density at radius 2 is 2.16 bits per heavy atom. The number of hydrogen-bond acceptors (Lipinski definition) is 3. The van der Waals surface area contributed by atoms with Crippen molar-refractivity contribution in [3.05, 3.63) is 30.0 Å². The Morgan fingerprint density at radius 3 is 2.84 bits per heavy atom. The Hall–Kier alpha value is -2.04. The molecule has 0 unspecified atom stereocenters. The number of nitrogens with zero attached hydrogens (tertiary/aromatic N) is 2. The van der Waals surface area contributed by atoms with E-state index in [-0.39, 0.29) is 0 Å². The molecule has 0 spiro atoms. The molecule has 1 aromatic heterocycles. The third kappa shape index (κ3) is 3.71. The molecule has 2 aromatic rings. The Kier molecular flexibility index (Phi) is 3.46. The van der Waals surface area contributed by atoms with Gasteiger partial charge in [-0.05, 0) is 38.5 Å². The van der Waals surface area contributed by atoms with E-state index in [0.29, 0.717) is 6.54 Å². The van der Waals surface area contributed by atoms with Gasteiger partial charge in [0.05, 0.1) is 5.52 Å². The normalized spacial score (nSPS) is 11.6. The number of fused-ring (bicyclic) bond motifs is 1. The fraction of sp³-hybridized carbons (Fsp3) is 0.429. The number of ether oxygens (including phenoxy) is 1. The summed E-state index contributed by atoms with van der Waals surface area (Å²) in [6, 6.07) is 5.91. The van der Waals surface area contributed by atoms with Crippen molar-refractivity contribution in [2.24, 2.45) is 7.05 Å². The highest BCUT2D eigenvalue weighted by molar-refractivity contribution is 5.78. The van der Waals surface area contributed by atoms with Crippen molar-refractivity contribution in [3.63, 3.8) is 0 Å². The molecule has 1 heterocycles. The van der Waals surface area contributed by atoms with Gasteiger partial charge in [-0.15, -0.1) is 0 Å². The van der Waals surface area contributed by atoms with Crippen LogP contribution in [0, 0.1) is 0 Å². The van der Waals surface area contributed by atoms with Crippen molar-refractivity contribution in [1.29, 1.82) is 0 Å². The molecule has 1 N–H and O–H groups in total. The molecule has 0 radical (unpaired) electrons. The van der Waals surface area contributed by atoms with E-state index in [2.05, 4.69) is 10.4 Å². The van der Waals surface area contributed by atoms with Crippen molar-refractivity contribution in [1.82, 2.24) is 15.1 Å². The van der Waals surface area contributed by atoms with Gasteiger partial charge >= 0.3 is 6.09 Å². The lowest BCUT2D eigenvalue weighted by molar-refractivity contribution is 0.0523. The van der Waals surface area contributed by atoms with Crippen LogP contribution in [0.3, 0.4) is 0 Å². The molecule has 0 saturated carbocycles. The number of carbonyl (C=O) groups is 1. The van der Waals surface area contributed by atoms with E-state index in [1.807, 2.05) is 52.2 Å². The van der Waals surface area contributed by atoms with Crippen molar-refractivity contribution < 1.29 is 9.53 Å². The predicted octanol–water partition coefficient (Wildman–Crippen LogP) is 2.60. The fourth-order valence-electron chi connectivity index (χ4n) is 1.80. The topological polar surface area (TPSA) is 56.2 Å². The average molecular weight is 261 g/mol. The van der Waals surface area contributed by atoms with Crippen LogP contribution in [0.15, 0.2) is 24.4 Å². The summed E-state index contributed by atoms with van der Waals surface area (Å²) in [7, 11) is 1.89. The van der Waals surface area contributed by atoms with Crippen LogP contribution in [0.4, 0.5) is 4.79 Å². The second kappa shape index (κ2) is 4.91. The molecule has 2 rings (SSSR count). The number of nitrogens with one attached hydrogen (secondary N) is 1. The average Bonchev–Trinajstić information content (AvgIpc) is 2.63. The van der Waals surface area contributed by atoms with Crippen LogP contribution in [0.5, 0.6) is 0 Å². The molecule has 0 saturated heterocycles. The molecule has 5 heteroatoms. The Bertz CT molecular complexity index is 596.